The quantitative estimate of drug-likeness (QED) is 0.311. The molecule has 0 radical (unpaired) electrons. The Morgan fingerprint density at radius 2 is 2.00 bits per heavy atom. The molecule has 1 aromatic carbocycles. The van der Waals surface area contributed by atoms with Gasteiger partial charge in [0.05, 0.1) is 20.3 Å². The average molecular weight is 239 g/mol. The number of amidine groups is 1. The van der Waals surface area contributed by atoms with Crippen molar-refractivity contribution in [1.29, 1.82) is 0 Å². The molecule has 0 bridgehead atoms. The molecule has 0 fully saturated rings. The van der Waals surface area contributed by atoms with Crippen molar-refractivity contribution in [1.82, 2.24) is 0 Å². The summed E-state index contributed by atoms with van der Waals surface area (Å²) in [6.07, 6.45) is 0. The van der Waals surface area contributed by atoms with Crippen LogP contribution in [0.5, 0.6) is 11.5 Å². The van der Waals surface area contributed by atoms with E-state index < -0.39 is 0 Å². The van der Waals surface area contributed by atoms with Crippen molar-refractivity contribution in [3.63, 3.8) is 0 Å². The number of nitrogens with one attached hydrogen (secondary N) is 1. The maximum atomic E-state index is 8.54. The molecule has 0 saturated carbocycles. The number of methoxy groups -OCH3 is 2. The summed E-state index contributed by atoms with van der Waals surface area (Å²) < 4.78 is 10.3. The highest BCUT2D eigenvalue weighted by Crippen LogP contribution is 2.29. The molecular formula is C11H17N3O3. The maximum absolute atomic E-state index is 8.54. The van der Waals surface area contributed by atoms with Gasteiger partial charge in [-0.15, -0.1) is 0 Å². The van der Waals surface area contributed by atoms with E-state index in [9.17, 15) is 0 Å². The lowest BCUT2D eigenvalue weighted by Crippen LogP contribution is -2.32. The number of rotatable bonds is 5. The van der Waals surface area contributed by atoms with Gasteiger partial charge < -0.3 is 25.7 Å². The van der Waals surface area contributed by atoms with Crippen LogP contribution in [0.1, 0.15) is 6.92 Å². The minimum atomic E-state index is -0.280. The minimum absolute atomic E-state index is 0.111. The van der Waals surface area contributed by atoms with E-state index in [-0.39, 0.29) is 11.9 Å². The molecule has 0 aliphatic carbocycles. The van der Waals surface area contributed by atoms with E-state index in [2.05, 4.69) is 10.5 Å². The van der Waals surface area contributed by atoms with Crippen molar-refractivity contribution in [3.05, 3.63) is 18.2 Å². The molecule has 0 aliphatic heterocycles. The number of oxime groups is 1. The van der Waals surface area contributed by atoms with Crippen LogP contribution in [-0.4, -0.2) is 31.3 Å². The third-order valence-corrected chi connectivity index (χ3v) is 2.33. The molecule has 0 saturated heterocycles. The third kappa shape index (κ3) is 3.17. The first kappa shape index (κ1) is 13.0. The number of hydrogen-bond donors (Lipinski definition) is 3. The molecule has 94 valence electrons. The maximum Gasteiger partial charge on any atom is 0.162 e. The van der Waals surface area contributed by atoms with Crippen LogP contribution in [0, 0.1) is 0 Å². The van der Waals surface area contributed by atoms with Gasteiger partial charge in [0.1, 0.15) is 0 Å². The van der Waals surface area contributed by atoms with Crippen molar-refractivity contribution in [2.45, 2.75) is 13.0 Å². The molecule has 1 unspecified atom stereocenters. The largest absolute Gasteiger partial charge is 0.493 e. The van der Waals surface area contributed by atoms with E-state index in [4.69, 9.17) is 20.4 Å². The lowest BCUT2D eigenvalue weighted by Gasteiger charge is -2.15. The molecule has 0 spiro atoms. The molecular weight excluding hydrogens is 222 g/mol. The topological polar surface area (TPSA) is 89.1 Å². The summed E-state index contributed by atoms with van der Waals surface area (Å²) in [5.41, 5.74) is 6.27. The molecule has 1 rings (SSSR count). The van der Waals surface area contributed by atoms with Crippen LogP contribution in [0.4, 0.5) is 5.69 Å². The Morgan fingerprint density at radius 1 is 1.35 bits per heavy atom. The lowest BCUT2D eigenvalue weighted by atomic mass is 10.2. The summed E-state index contributed by atoms with van der Waals surface area (Å²) in [5.74, 6) is 1.37. The Balaban J connectivity index is 2.86. The van der Waals surface area contributed by atoms with E-state index in [1.54, 1.807) is 33.3 Å². The Hall–Kier alpha value is -2.11. The summed E-state index contributed by atoms with van der Waals surface area (Å²) in [6.45, 7) is 1.78. The third-order valence-electron chi connectivity index (χ3n) is 2.33. The Kier molecular flexibility index (Phi) is 4.45. The van der Waals surface area contributed by atoms with Crippen LogP contribution in [0.3, 0.4) is 0 Å². The van der Waals surface area contributed by atoms with Crippen LogP contribution in [-0.2, 0) is 0 Å². The number of nitrogens with zero attached hydrogens (tertiary/aromatic N) is 1. The van der Waals surface area contributed by atoms with Crippen molar-refractivity contribution in [3.8, 4) is 11.5 Å². The van der Waals surface area contributed by atoms with Crippen molar-refractivity contribution in [2.24, 2.45) is 10.9 Å². The fourth-order valence-electron chi connectivity index (χ4n) is 1.34. The van der Waals surface area contributed by atoms with Gasteiger partial charge in [0.15, 0.2) is 17.3 Å². The van der Waals surface area contributed by atoms with Crippen LogP contribution in [0.15, 0.2) is 23.4 Å². The fourth-order valence-corrected chi connectivity index (χ4v) is 1.34. The number of nitrogens with two attached hydrogens (primary N) is 1. The van der Waals surface area contributed by atoms with E-state index in [0.717, 1.165) is 5.69 Å². The summed E-state index contributed by atoms with van der Waals surface area (Å²) in [5, 5.41) is 14.5. The summed E-state index contributed by atoms with van der Waals surface area (Å²) in [4.78, 5) is 0. The van der Waals surface area contributed by atoms with Gasteiger partial charge in [-0.3, -0.25) is 0 Å². The van der Waals surface area contributed by atoms with Crippen LogP contribution < -0.4 is 20.5 Å². The second kappa shape index (κ2) is 5.83. The first-order chi connectivity index (χ1) is 8.12. The number of benzene rings is 1. The highest BCUT2D eigenvalue weighted by atomic mass is 16.5. The smallest absolute Gasteiger partial charge is 0.162 e. The van der Waals surface area contributed by atoms with Crippen LogP contribution in [0.25, 0.3) is 0 Å². The zero-order valence-corrected chi connectivity index (χ0v) is 10.1. The number of ether oxygens (including phenoxy) is 2. The van der Waals surface area contributed by atoms with Gasteiger partial charge in [0.25, 0.3) is 0 Å². The molecule has 0 amide bonds. The zero-order valence-electron chi connectivity index (χ0n) is 10.1. The van der Waals surface area contributed by atoms with Gasteiger partial charge in [0, 0.05) is 11.8 Å². The van der Waals surface area contributed by atoms with Gasteiger partial charge >= 0.3 is 0 Å². The van der Waals surface area contributed by atoms with Crippen molar-refractivity contribution in [2.75, 3.05) is 19.5 Å². The highest BCUT2D eigenvalue weighted by Gasteiger charge is 2.09. The lowest BCUT2D eigenvalue weighted by molar-refractivity contribution is 0.316. The predicted octanol–water partition coefficient (Wildman–Crippen LogP) is 1.25. The Bertz CT molecular complexity index is 407. The molecule has 4 N–H and O–H groups in total. The Labute approximate surface area is 100 Å². The Morgan fingerprint density at radius 3 is 2.53 bits per heavy atom. The van der Waals surface area contributed by atoms with Gasteiger partial charge in [0.2, 0.25) is 0 Å². The molecule has 0 aliphatic rings. The SMILES string of the molecule is COc1ccc(NC(C)C(N)=NO)cc1OC. The van der Waals surface area contributed by atoms with E-state index in [1.165, 1.54) is 0 Å². The number of hydrogen-bond acceptors (Lipinski definition) is 5. The second-order valence-corrected chi connectivity index (χ2v) is 3.46. The first-order valence-electron chi connectivity index (χ1n) is 5.08. The van der Waals surface area contributed by atoms with E-state index >= 15 is 0 Å². The summed E-state index contributed by atoms with van der Waals surface area (Å²) in [7, 11) is 3.14. The monoisotopic (exact) mass is 239 g/mol. The van der Waals surface area contributed by atoms with Gasteiger partial charge in [-0.2, -0.15) is 0 Å². The van der Waals surface area contributed by atoms with Crippen molar-refractivity contribution >= 4 is 11.5 Å². The molecule has 1 atom stereocenters. The molecule has 6 nitrogen and oxygen atoms in total. The molecule has 17 heavy (non-hydrogen) atoms. The van der Waals surface area contributed by atoms with Gasteiger partial charge in [-0.1, -0.05) is 5.16 Å². The standard InChI is InChI=1S/C11H17N3O3/c1-7(11(12)14-15)13-8-4-5-9(16-2)10(6-8)17-3/h4-7,13,15H,1-3H3,(H2,12,14). The molecule has 6 heteroatoms. The minimum Gasteiger partial charge on any atom is -0.493 e. The normalized spacial score (nSPS) is 13.0. The first-order valence-corrected chi connectivity index (χ1v) is 5.08. The summed E-state index contributed by atoms with van der Waals surface area (Å²) >= 11 is 0. The molecule has 0 aromatic heterocycles. The predicted molar refractivity (Wildman–Crippen MR) is 66.0 cm³/mol. The van der Waals surface area contributed by atoms with Gasteiger partial charge in [-0.25, -0.2) is 0 Å². The highest BCUT2D eigenvalue weighted by molar-refractivity contribution is 5.87. The molecule has 1 aromatic rings. The van der Waals surface area contributed by atoms with Gasteiger partial charge in [-0.05, 0) is 19.1 Å². The fraction of sp³-hybridized carbons (Fsp3) is 0.364. The number of anilines is 1. The van der Waals surface area contributed by atoms with Crippen LogP contribution >= 0.6 is 0 Å². The summed E-state index contributed by atoms with van der Waals surface area (Å²) in [6, 6.07) is 5.10. The van der Waals surface area contributed by atoms with E-state index in [1.807, 2.05) is 6.07 Å². The second-order valence-electron chi connectivity index (χ2n) is 3.46. The molecule has 0 heterocycles. The van der Waals surface area contributed by atoms with Crippen LogP contribution in [0.2, 0.25) is 0 Å². The zero-order chi connectivity index (χ0) is 12.8. The average Bonchev–Trinajstić information content (AvgIpc) is 2.37. The van der Waals surface area contributed by atoms with E-state index in [0.29, 0.717) is 11.5 Å². The van der Waals surface area contributed by atoms with Crippen molar-refractivity contribution < 1.29 is 14.7 Å².